The number of hydrogen-bond donors (Lipinski definition) is 1. The summed E-state index contributed by atoms with van der Waals surface area (Å²) in [6, 6.07) is 11.0. The van der Waals surface area contributed by atoms with E-state index in [0.29, 0.717) is 6.42 Å². The second kappa shape index (κ2) is 6.02. The van der Waals surface area contributed by atoms with Crippen LogP contribution in [0.1, 0.15) is 18.9 Å². The topological polar surface area (TPSA) is 70.3 Å². The Hall–Kier alpha value is -1.86. The number of aliphatic hydroxyl groups is 1. The molecule has 17 heavy (non-hydrogen) atoms. The number of benzene rings is 1. The molecule has 1 aromatic carbocycles. The summed E-state index contributed by atoms with van der Waals surface area (Å²) in [6.07, 6.45) is 0.482. The lowest BCUT2D eigenvalue weighted by atomic mass is 9.96. The summed E-state index contributed by atoms with van der Waals surface area (Å²) in [4.78, 5) is 11.4. The maximum atomic E-state index is 11.4. The highest BCUT2D eigenvalue weighted by molar-refractivity contribution is 5.82. The second-order valence-electron chi connectivity index (χ2n) is 3.68. The molecule has 0 aliphatic rings. The lowest BCUT2D eigenvalue weighted by molar-refractivity contribution is -0.159. The molecule has 4 nitrogen and oxygen atoms in total. The Kier molecular flexibility index (Phi) is 4.68. The quantitative estimate of drug-likeness (QED) is 0.617. The fourth-order valence-corrected chi connectivity index (χ4v) is 1.42. The van der Waals surface area contributed by atoms with Crippen molar-refractivity contribution < 1.29 is 14.6 Å². The molecule has 0 amide bonds. The number of carbonyl (C=O) groups excluding carboxylic acids is 1. The average molecular weight is 233 g/mol. The summed E-state index contributed by atoms with van der Waals surface area (Å²) >= 11 is 0. The largest absolute Gasteiger partial charge is 0.463 e. The number of carbonyl (C=O) groups is 1. The third kappa shape index (κ3) is 3.58. The van der Waals surface area contributed by atoms with Crippen LogP contribution in [0.4, 0.5) is 0 Å². The van der Waals surface area contributed by atoms with Gasteiger partial charge in [-0.2, -0.15) is 5.26 Å². The molecular formula is C13H15NO3. The van der Waals surface area contributed by atoms with Crippen molar-refractivity contribution in [2.24, 2.45) is 0 Å². The Labute approximate surface area is 100 Å². The first-order valence-electron chi connectivity index (χ1n) is 5.47. The van der Waals surface area contributed by atoms with E-state index in [-0.39, 0.29) is 13.0 Å². The van der Waals surface area contributed by atoms with E-state index in [1.54, 1.807) is 13.0 Å². The van der Waals surface area contributed by atoms with E-state index in [2.05, 4.69) is 4.74 Å². The Morgan fingerprint density at radius 1 is 1.47 bits per heavy atom. The van der Waals surface area contributed by atoms with Gasteiger partial charge in [-0.15, -0.1) is 0 Å². The summed E-state index contributed by atoms with van der Waals surface area (Å²) < 4.78 is 4.67. The maximum absolute atomic E-state index is 11.4. The van der Waals surface area contributed by atoms with Crippen molar-refractivity contribution in [1.82, 2.24) is 0 Å². The zero-order valence-corrected chi connectivity index (χ0v) is 9.72. The molecule has 0 aliphatic carbocycles. The van der Waals surface area contributed by atoms with E-state index in [1.165, 1.54) is 0 Å². The Morgan fingerprint density at radius 3 is 2.65 bits per heavy atom. The van der Waals surface area contributed by atoms with Gasteiger partial charge in [-0.25, -0.2) is 4.79 Å². The lowest BCUT2D eigenvalue weighted by Gasteiger charge is -2.17. The molecule has 1 atom stereocenters. The maximum Gasteiger partial charge on any atom is 0.353 e. The summed E-state index contributed by atoms with van der Waals surface area (Å²) in [5.41, 5.74) is -1.09. The highest BCUT2D eigenvalue weighted by atomic mass is 16.5. The molecular weight excluding hydrogens is 218 g/mol. The van der Waals surface area contributed by atoms with E-state index in [1.807, 2.05) is 30.3 Å². The lowest BCUT2D eigenvalue weighted by Crippen LogP contribution is -2.39. The summed E-state index contributed by atoms with van der Waals surface area (Å²) in [5, 5.41) is 18.7. The van der Waals surface area contributed by atoms with Crippen LogP contribution >= 0.6 is 0 Å². The van der Waals surface area contributed by atoms with Gasteiger partial charge >= 0.3 is 5.97 Å². The fourth-order valence-electron chi connectivity index (χ4n) is 1.42. The van der Waals surface area contributed by atoms with Crippen LogP contribution in [0.5, 0.6) is 0 Å². The number of rotatable bonds is 5. The predicted octanol–water partition coefficient (Wildman–Crippen LogP) is 1.44. The van der Waals surface area contributed by atoms with Crippen LogP contribution in [0.15, 0.2) is 30.3 Å². The first-order valence-corrected chi connectivity index (χ1v) is 5.47. The van der Waals surface area contributed by atoms with Crippen molar-refractivity contribution >= 4 is 5.97 Å². The molecule has 0 bridgehead atoms. The minimum atomic E-state index is -2.05. The minimum absolute atomic E-state index is 0.0341. The van der Waals surface area contributed by atoms with Gasteiger partial charge in [-0.1, -0.05) is 30.3 Å². The van der Waals surface area contributed by atoms with Gasteiger partial charge in [0.05, 0.1) is 6.61 Å². The van der Waals surface area contributed by atoms with Crippen molar-refractivity contribution in [3.63, 3.8) is 0 Å². The van der Waals surface area contributed by atoms with E-state index < -0.39 is 11.6 Å². The smallest absolute Gasteiger partial charge is 0.353 e. The number of ether oxygens (including phenoxy) is 1. The van der Waals surface area contributed by atoms with Crippen LogP contribution in [-0.4, -0.2) is 23.3 Å². The van der Waals surface area contributed by atoms with Gasteiger partial charge in [-0.05, 0) is 18.9 Å². The highest BCUT2D eigenvalue weighted by Crippen LogP contribution is 2.15. The summed E-state index contributed by atoms with van der Waals surface area (Å²) in [5.74, 6) is -0.876. The van der Waals surface area contributed by atoms with Crippen LogP contribution in [0.25, 0.3) is 0 Å². The summed E-state index contributed by atoms with van der Waals surface area (Å²) in [7, 11) is 0. The molecule has 1 N–H and O–H groups in total. The van der Waals surface area contributed by atoms with E-state index >= 15 is 0 Å². The SMILES string of the molecule is CCOC(=O)C(O)(C#N)CCc1ccccc1. The van der Waals surface area contributed by atoms with Crippen molar-refractivity contribution in [3.8, 4) is 6.07 Å². The van der Waals surface area contributed by atoms with Gasteiger partial charge < -0.3 is 9.84 Å². The van der Waals surface area contributed by atoms with Gasteiger partial charge in [0, 0.05) is 6.42 Å². The molecule has 0 saturated carbocycles. The third-order valence-electron chi connectivity index (χ3n) is 2.42. The fraction of sp³-hybridized carbons (Fsp3) is 0.385. The molecule has 0 heterocycles. The molecule has 1 rings (SSSR count). The first-order chi connectivity index (χ1) is 8.12. The molecule has 0 radical (unpaired) electrons. The third-order valence-corrected chi connectivity index (χ3v) is 2.42. The Bertz CT molecular complexity index is 410. The second-order valence-corrected chi connectivity index (χ2v) is 3.68. The normalized spacial score (nSPS) is 13.5. The van der Waals surface area contributed by atoms with E-state index in [9.17, 15) is 9.90 Å². The molecule has 4 heteroatoms. The van der Waals surface area contributed by atoms with Gasteiger partial charge in [0.1, 0.15) is 6.07 Å². The molecule has 1 aromatic rings. The number of nitrogens with zero attached hydrogens (tertiary/aromatic N) is 1. The van der Waals surface area contributed by atoms with Gasteiger partial charge in [0.25, 0.3) is 0 Å². The Morgan fingerprint density at radius 2 is 2.12 bits per heavy atom. The van der Waals surface area contributed by atoms with Crippen molar-refractivity contribution in [3.05, 3.63) is 35.9 Å². The van der Waals surface area contributed by atoms with Crippen LogP contribution in [-0.2, 0) is 16.0 Å². The number of aryl methyl sites for hydroxylation is 1. The van der Waals surface area contributed by atoms with Gasteiger partial charge in [0.2, 0.25) is 5.60 Å². The predicted molar refractivity (Wildman–Crippen MR) is 62.0 cm³/mol. The molecule has 0 saturated heterocycles. The van der Waals surface area contributed by atoms with Crippen molar-refractivity contribution in [1.29, 1.82) is 5.26 Å². The van der Waals surface area contributed by atoms with E-state index in [4.69, 9.17) is 5.26 Å². The summed E-state index contributed by atoms with van der Waals surface area (Å²) in [6.45, 7) is 1.78. The Balaban J connectivity index is 2.65. The highest BCUT2D eigenvalue weighted by Gasteiger charge is 2.37. The molecule has 0 aliphatic heterocycles. The van der Waals surface area contributed by atoms with Crippen molar-refractivity contribution in [2.75, 3.05) is 6.61 Å². The number of esters is 1. The number of nitriles is 1. The van der Waals surface area contributed by atoms with E-state index in [0.717, 1.165) is 5.56 Å². The van der Waals surface area contributed by atoms with Gasteiger partial charge in [-0.3, -0.25) is 0 Å². The first kappa shape index (κ1) is 13.2. The zero-order chi connectivity index (χ0) is 12.7. The molecule has 0 aromatic heterocycles. The molecule has 90 valence electrons. The average Bonchev–Trinajstić information content (AvgIpc) is 2.37. The minimum Gasteiger partial charge on any atom is -0.463 e. The monoisotopic (exact) mass is 233 g/mol. The standard InChI is InChI=1S/C13H15NO3/c1-2-17-12(15)13(16,10-14)9-8-11-6-4-3-5-7-11/h3-7,16H,2,8-9H2,1H3. The van der Waals surface area contributed by atoms with Crippen molar-refractivity contribution in [2.45, 2.75) is 25.4 Å². The van der Waals surface area contributed by atoms with Crippen LogP contribution in [0, 0.1) is 11.3 Å². The number of hydrogen-bond acceptors (Lipinski definition) is 4. The van der Waals surface area contributed by atoms with Crippen LogP contribution < -0.4 is 0 Å². The molecule has 0 fully saturated rings. The van der Waals surface area contributed by atoms with Crippen LogP contribution in [0.2, 0.25) is 0 Å². The van der Waals surface area contributed by atoms with Crippen LogP contribution in [0.3, 0.4) is 0 Å². The zero-order valence-electron chi connectivity index (χ0n) is 9.72. The molecule has 1 unspecified atom stereocenters. The van der Waals surface area contributed by atoms with Gasteiger partial charge in [0.15, 0.2) is 0 Å². The molecule has 0 spiro atoms.